The minimum absolute atomic E-state index is 0.0270. The molecule has 0 amide bonds. The largest absolute Gasteiger partial charge is 0.468 e. The third kappa shape index (κ3) is 2.59. The minimum Gasteiger partial charge on any atom is -0.468 e. The maximum absolute atomic E-state index is 11.7. The Balaban J connectivity index is 3.00. The topological polar surface area (TPSA) is 64.4 Å². The molecule has 6 heteroatoms. The fraction of sp³-hybridized carbons (Fsp3) is 0.500. The summed E-state index contributed by atoms with van der Waals surface area (Å²) >= 11 is 0. The van der Waals surface area contributed by atoms with Gasteiger partial charge in [-0.05, 0) is 6.92 Å². The number of hydrogen-bond acceptors (Lipinski definition) is 5. The molecule has 0 saturated carbocycles. The zero-order chi connectivity index (χ0) is 12.1. The molecule has 0 spiro atoms. The molecule has 0 bridgehead atoms. The van der Waals surface area contributed by atoms with Crippen molar-refractivity contribution >= 4 is 11.8 Å². The Bertz CT molecular complexity index is 428. The molecule has 0 N–H and O–H groups in total. The first kappa shape index (κ1) is 12.2. The highest BCUT2D eigenvalue weighted by atomic mass is 16.5. The van der Waals surface area contributed by atoms with E-state index >= 15 is 0 Å². The molecule has 0 aliphatic carbocycles. The van der Waals surface area contributed by atoms with E-state index in [1.807, 2.05) is 6.92 Å². The molecule has 0 aliphatic heterocycles. The Morgan fingerprint density at radius 3 is 2.88 bits per heavy atom. The lowest BCUT2D eigenvalue weighted by Crippen LogP contribution is -2.36. The molecule has 1 aromatic rings. The minimum atomic E-state index is -0.394. The van der Waals surface area contributed by atoms with E-state index < -0.39 is 5.97 Å². The molecule has 0 fully saturated rings. The Morgan fingerprint density at radius 2 is 2.31 bits per heavy atom. The number of nitrogens with zero attached hydrogens (tertiary/aromatic N) is 3. The standard InChI is InChI=1S/C10H15N3O3/c1-4-13(7-8(14)16-3)9-10(15)12(2)6-5-11-9/h5-6H,4,7H2,1-3H3. The number of carbonyl (C=O) groups excluding carboxylic acids is 1. The van der Waals surface area contributed by atoms with Gasteiger partial charge < -0.3 is 14.2 Å². The predicted octanol–water partition coefficient (Wildman–Crippen LogP) is -0.220. The maximum atomic E-state index is 11.7. The van der Waals surface area contributed by atoms with Gasteiger partial charge in [0.05, 0.1) is 7.11 Å². The van der Waals surface area contributed by atoms with Crippen LogP contribution in [0, 0.1) is 0 Å². The number of ether oxygens (including phenoxy) is 1. The van der Waals surface area contributed by atoms with Crippen LogP contribution < -0.4 is 10.5 Å². The molecule has 0 aliphatic rings. The van der Waals surface area contributed by atoms with Crippen molar-refractivity contribution in [1.82, 2.24) is 9.55 Å². The Kier molecular flexibility index (Phi) is 4.04. The molecule has 1 aromatic heterocycles. The average Bonchev–Trinajstić information content (AvgIpc) is 2.29. The summed E-state index contributed by atoms with van der Waals surface area (Å²) in [5.74, 6) is -0.132. The van der Waals surface area contributed by atoms with Crippen molar-refractivity contribution in [2.45, 2.75) is 6.92 Å². The van der Waals surface area contributed by atoms with Gasteiger partial charge in [0.1, 0.15) is 6.54 Å². The molecule has 0 radical (unpaired) electrons. The number of esters is 1. The maximum Gasteiger partial charge on any atom is 0.325 e. The van der Waals surface area contributed by atoms with Gasteiger partial charge in [-0.3, -0.25) is 9.59 Å². The molecule has 16 heavy (non-hydrogen) atoms. The molecule has 0 saturated heterocycles. The quantitative estimate of drug-likeness (QED) is 0.663. The summed E-state index contributed by atoms with van der Waals surface area (Å²) in [7, 11) is 2.95. The van der Waals surface area contributed by atoms with Crippen molar-refractivity contribution in [2.75, 3.05) is 25.1 Å². The van der Waals surface area contributed by atoms with Gasteiger partial charge in [0.25, 0.3) is 5.56 Å². The summed E-state index contributed by atoms with van der Waals surface area (Å²) in [6.45, 7) is 2.39. The average molecular weight is 225 g/mol. The van der Waals surface area contributed by atoms with Gasteiger partial charge in [-0.2, -0.15) is 0 Å². The Morgan fingerprint density at radius 1 is 1.62 bits per heavy atom. The van der Waals surface area contributed by atoms with E-state index in [0.717, 1.165) is 0 Å². The van der Waals surface area contributed by atoms with Crippen LogP contribution in [0.25, 0.3) is 0 Å². The lowest BCUT2D eigenvalue weighted by atomic mass is 10.4. The van der Waals surface area contributed by atoms with Crippen LogP contribution in [0.2, 0.25) is 0 Å². The van der Waals surface area contributed by atoms with E-state index in [9.17, 15) is 9.59 Å². The molecular weight excluding hydrogens is 210 g/mol. The van der Waals surface area contributed by atoms with Crippen LogP contribution in [0.1, 0.15) is 6.92 Å². The number of aryl methyl sites for hydroxylation is 1. The zero-order valence-corrected chi connectivity index (χ0v) is 9.64. The fourth-order valence-electron chi connectivity index (χ4n) is 1.26. The smallest absolute Gasteiger partial charge is 0.325 e. The van der Waals surface area contributed by atoms with Crippen molar-refractivity contribution in [2.24, 2.45) is 7.05 Å². The lowest BCUT2D eigenvalue weighted by molar-refractivity contribution is -0.138. The first-order valence-electron chi connectivity index (χ1n) is 4.93. The van der Waals surface area contributed by atoms with Crippen LogP contribution in [-0.4, -0.2) is 35.7 Å². The third-order valence-corrected chi connectivity index (χ3v) is 2.23. The summed E-state index contributed by atoms with van der Waals surface area (Å²) < 4.78 is 5.98. The second kappa shape index (κ2) is 5.29. The number of aromatic nitrogens is 2. The van der Waals surface area contributed by atoms with Gasteiger partial charge in [0.15, 0.2) is 5.82 Å². The van der Waals surface area contributed by atoms with Gasteiger partial charge in [0.2, 0.25) is 0 Å². The molecule has 0 aromatic carbocycles. The Labute approximate surface area is 93.5 Å². The molecule has 1 heterocycles. The second-order valence-corrected chi connectivity index (χ2v) is 3.26. The third-order valence-electron chi connectivity index (χ3n) is 2.23. The van der Waals surface area contributed by atoms with Crippen molar-refractivity contribution in [1.29, 1.82) is 0 Å². The highest BCUT2D eigenvalue weighted by Crippen LogP contribution is 2.02. The van der Waals surface area contributed by atoms with E-state index in [2.05, 4.69) is 9.72 Å². The first-order chi connectivity index (χ1) is 7.60. The normalized spacial score (nSPS) is 9.94. The number of rotatable bonds is 4. The molecule has 1 rings (SSSR count). The van der Waals surface area contributed by atoms with Gasteiger partial charge in [-0.1, -0.05) is 0 Å². The van der Waals surface area contributed by atoms with E-state index in [1.54, 1.807) is 18.1 Å². The van der Waals surface area contributed by atoms with Crippen LogP contribution in [0.4, 0.5) is 5.82 Å². The highest BCUT2D eigenvalue weighted by molar-refractivity contribution is 5.75. The summed E-state index contributed by atoms with van der Waals surface area (Å²) in [4.78, 5) is 28.5. The summed E-state index contributed by atoms with van der Waals surface area (Å²) in [6.07, 6.45) is 3.09. The van der Waals surface area contributed by atoms with Gasteiger partial charge in [0, 0.05) is 26.0 Å². The van der Waals surface area contributed by atoms with Crippen LogP contribution in [0.3, 0.4) is 0 Å². The van der Waals surface area contributed by atoms with Crippen LogP contribution >= 0.6 is 0 Å². The zero-order valence-electron chi connectivity index (χ0n) is 9.64. The van der Waals surface area contributed by atoms with Gasteiger partial charge in [-0.15, -0.1) is 0 Å². The van der Waals surface area contributed by atoms with E-state index in [0.29, 0.717) is 6.54 Å². The fourth-order valence-corrected chi connectivity index (χ4v) is 1.26. The number of anilines is 1. The highest BCUT2D eigenvalue weighted by Gasteiger charge is 2.14. The van der Waals surface area contributed by atoms with Crippen LogP contribution in [-0.2, 0) is 16.6 Å². The second-order valence-electron chi connectivity index (χ2n) is 3.26. The van der Waals surface area contributed by atoms with Crippen LogP contribution in [0.15, 0.2) is 17.2 Å². The van der Waals surface area contributed by atoms with E-state index in [1.165, 1.54) is 17.9 Å². The lowest BCUT2D eigenvalue weighted by Gasteiger charge is -2.19. The summed E-state index contributed by atoms with van der Waals surface area (Å²) in [5, 5.41) is 0. The monoisotopic (exact) mass is 225 g/mol. The van der Waals surface area contributed by atoms with Crippen molar-refractivity contribution in [3.8, 4) is 0 Å². The molecule has 0 unspecified atom stereocenters. The summed E-state index contributed by atoms with van der Waals surface area (Å²) in [6, 6.07) is 0. The van der Waals surface area contributed by atoms with E-state index in [4.69, 9.17) is 0 Å². The molecule has 0 atom stereocenters. The Hall–Kier alpha value is -1.85. The van der Waals surface area contributed by atoms with Crippen LogP contribution in [0.5, 0.6) is 0 Å². The van der Waals surface area contributed by atoms with E-state index in [-0.39, 0.29) is 17.9 Å². The molecule has 88 valence electrons. The first-order valence-corrected chi connectivity index (χ1v) is 4.93. The molecular formula is C10H15N3O3. The number of methoxy groups -OCH3 is 1. The number of likely N-dealkylation sites (N-methyl/N-ethyl adjacent to an activating group) is 1. The van der Waals surface area contributed by atoms with Crippen molar-refractivity contribution in [3.05, 3.63) is 22.7 Å². The number of hydrogen-bond donors (Lipinski definition) is 0. The van der Waals surface area contributed by atoms with Crippen molar-refractivity contribution in [3.63, 3.8) is 0 Å². The van der Waals surface area contributed by atoms with Crippen molar-refractivity contribution < 1.29 is 9.53 Å². The predicted molar refractivity (Wildman–Crippen MR) is 59.4 cm³/mol. The summed E-state index contributed by atoms with van der Waals surface area (Å²) in [5.41, 5.74) is -0.228. The molecule has 6 nitrogen and oxygen atoms in total. The van der Waals surface area contributed by atoms with Gasteiger partial charge in [-0.25, -0.2) is 4.98 Å². The SMILES string of the molecule is CCN(CC(=O)OC)c1nccn(C)c1=O. The number of carbonyl (C=O) groups is 1. The van der Waals surface area contributed by atoms with Gasteiger partial charge >= 0.3 is 5.97 Å².